The van der Waals surface area contributed by atoms with Crippen LogP contribution >= 0.6 is 22.6 Å². The maximum Gasteiger partial charge on any atom is 0.280 e. The van der Waals surface area contributed by atoms with E-state index >= 15 is 0 Å². The minimum absolute atomic E-state index is 0.115. The van der Waals surface area contributed by atoms with Gasteiger partial charge in [-0.25, -0.2) is 0 Å². The Bertz CT molecular complexity index is 415. The molecule has 0 aliphatic heterocycles. The highest BCUT2D eigenvalue weighted by Crippen LogP contribution is 2.26. The fraction of sp³-hybridized carbons (Fsp3) is 0.222. The van der Waals surface area contributed by atoms with Gasteiger partial charge in [0.2, 0.25) is 0 Å². The molecule has 1 aromatic rings. The molecule has 0 aromatic heterocycles. The molecule has 0 N–H and O–H groups in total. The van der Waals surface area contributed by atoms with Gasteiger partial charge < -0.3 is 0 Å². The number of nitro benzene ring substituents is 1. The van der Waals surface area contributed by atoms with Gasteiger partial charge in [0, 0.05) is 9.64 Å². The van der Waals surface area contributed by atoms with Gasteiger partial charge in [-0.15, -0.1) is 0 Å². The molecule has 0 saturated carbocycles. The van der Waals surface area contributed by atoms with Gasteiger partial charge in [0.1, 0.15) is 0 Å². The number of hydrogen-bond donors (Lipinski definition) is 0. The number of carbonyl (C=O) groups excluding carboxylic acids is 1. The zero-order valence-corrected chi connectivity index (χ0v) is 9.86. The van der Waals surface area contributed by atoms with Crippen molar-refractivity contribution in [1.82, 2.24) is 0 Å². The molecule has 0 bridgehead atoms. The van der Waals surface area contributed by atoms with E-state index in [9.17, 15) is 14.9 Å². The first kappa shape index (κ1) is 11.1. The molecule has 4 nitrogen and oxygen atoms in total. The summed E-state index contributed by atoms with van der Waals surface area (Å²) in [5.41, 5.74) is 0.768. The summed E-state index contributed by atoms with van der Waals surface area (Å²) >= 11 is 2.05. The van der Waals surface area contributed by atoms with E-state index < -0.39 is 4.92 Å². The Morgan fingerprint density at radius 3 is 2.50 bits per heavy atom. The molecule has 0 aliphatic carbocycles. The summed E-state index contributed by atoms with van der Waals surface area (Å²) in [7, 11) is 0. The van der Waals surface area contributed by atoms with Crippen molar-refractivity contribution in [2.75, 3.05) is 0 Å². The maximum absolute atomic E-state index is 11.2. The highest BCUT2D eigenvalue weighted by atomic mass is 127. The zero-order valence-electron chi connectivity index (χ0n) is 7.70. The number of rotatable bonds is 2. The minimum atomic E-state index is -0.528. The van der Waals surface area contributed by atoms with Gasteiger partial charge in [-0.2, -0.15) is 0 Å². The number of ketones is 1. The average Bonchev–Trinajstić information content (AvgIpc) is 2.08. The maximum atomic E-state index is 11.2. The molecular weight excluding hydrogens is 297 g/mol. The zero-order chi connectivity index (χ0) is 10.9. The molecular formula is C9H8INO3. The monoisotopic (exact) mass is 305 g/mol. The van der Waals surface area contributed by atoms with Crippen LogP contribution in [0.1, 0.15) is 22.8 Å². The Morgan fingerprint density at radius 1 is 1.50 bits per heavy atom. The van der Waals surface area contributed by atoms with Gasteiger partial charge in [0.25, 0.3) is 5.69 Å². The van der Waals surface area contributed by atoms with Crippen LogP contribution in [0.15, 0.2) is 12.1 Å². The third-order valence-corrected chi connectivity index (χ3v) is 3.09. The van der Waals surface area contributed by atoms with Crippen molar-refractivity contribution >= 4 is 34.1 Å². The van der Waals surface area contributed by atoms with Crippen LogP contribution in [0.5, 0.6) is 0 Å². The molecule has 0 saturated heterocycles. The predicted molar refractivity (Wildman–Crippen MR) is 60.6 cm³/mol. The molecule has 0 amide bonds. The number of carbonyl (C=O) groups is 1. The fourth-order valence-corrected chi connectivity index (χ4v) is 1.72. The van der Waals surface area contributed by atoms with Crippen LogP contribution < -0.4 is 0 Å². The van der Waals surface area contributed by atoms with Crippen molar-refractivity contribution < 1.29 is 9.72 Å². The largest absolute Gasteiger partial charge is 0.294 e. The molecule has 0 aliphatic rings. The average molecular weight is 305 g/mol. The fourth-order valence-electron chi connectivity index (χ4n) is 1.27. The van der Waals surface area contributed by atoms with Gasteiger partial charge >= 0.3 is 0 Å². The smallest absolute Gasteiger partial charge is 0.280 e. The van der Waals surface area contributed by atoms with Crippen molar-refractivity contribution in [1.29, 1.82) is 0 Å². The summed E-state index contributed by atoms with van der Waals surface area (Å²) in [5.74, 6) is -0.271. The highest BCUT2D eigenvalue weighted by Gasteiger charge is 2.20. The van der Waals surface area contributed by atoms with E-state index in [1.807, 2.05) is 22.6 Å². The van der Waals surface area contributed by atoms with Crippen LogP contribution in [0.3, 0.4) is 0 Å². The molecule has 0 spiro atoms. The summed E-state index contributed by atoms with van der Waals surface area (Å²) in [6.07, 6.45) is 0. The lowest BCUT2D eigenvalue weighted by Gasteiger charge is -2.04. The van der Waals surface area contributed by atoms with Gasteiger partial charge in [0.15, 0.2) is 5.78 Å². The molecule has 0 heterocycles. The molecule has 0 unspecified atom stereocenters. The predicted octanol–water partition coefficient (Wildman–Crippen LogP) is 2.71. The first-order valence-corrected chi connectivity index (χ1v) is 4.97. The Hall–Kier alpha value is -0.980. The van der Waals surface area contributed by atoms with Crippen molar-refractivity contribution in [3.63, 3.8) is 0 Å². The normalized spacial score (nSPS) is 9.93. The second kappa shape index (κ2) is 4.04. The summed E-state index contributed by atoms with van der Waals surface area (Å²) in [5, 5.41) is 10.6. The summed E-state index contributed by atoms with van der Waals surface area (Å²) < 4.78 is 0.860. The van der Waals surface area contributed by atoms with Crippen LogP contribution in [0.25, 0.3) is 0 Å². The molecule has 1 aromatic carbocycles. The van der Waals surface area contributed by atoms with Crippen molar-refractivity contribution in [2.24, 2.45) is 0 Å². The Kier molecular flexibility index (Phi) is 3.20. The van der Waals surface area contributed by atoms with E-state index in [0.29, 0.717) is 5.56 Å². The standard InChI is InChI=1S/C9H8INO3/c1-5-7(10)3-4-8(11(13)14)9(5)6(2)12/h3-4H,1-2H3. The van der Waals surface area contributed by atoms with E-state index in [0.717, 1.165) is 3.57 Å². The Balaban J connectivity index is 3.53. The molecule has 5 heteroatoms. The van der Waals surface area contributed by atoms with Crippen molar-refractivity contribution in [3.8, 4) is 0 Å². The number of hydrogen-bond acceptors (Lipinski definition) is 3. The highest BCUT2D eigenvalue weighted by molar-refractivity contribution is 14.1. The van der Waals surface area contributed by atoms with Gasteiger partial charge in [-0.05, 0) is 48.1 Å². The minimum Gasteiger partial charge on any atom is -0.294 e. The number of benzene rings is 1. The number of Topliss-reactive ketones (excluding diaryl/α,β-unsaturated/α-hetero) is 1. The van der Waals surface area contributed by atoms with Crippen LogP contribution in [-0.2, 0) is 0 Å². The summed E-state index contributed by atoms with van der Waals surface area (Å²) in [4.78, 5) is 21.3. The van der Waals surface area contributed by atoms with E-state index in [4.69, 9.17) is 0 Å². The second-order valence-electron chi connectivity index (χ2n) is 2.88. The molecule has 0 atom stereocenters. The van der Waals surface area contributed by atoms with Crippen molar-refractivity contribution in [3.05, 3.63) is 36.9 Å². The summed E-state index contributed by atoms with van der Waals surface area (Å²) in [6, 6.07) is 3.01. The van der Waals surface area contributed by atoms with Gasteiger partial charge in [-0.1, -0.05) is 0 Å². The number of halogens is 1. The van der Waals surface area contributed by atoms with E-state index in [-0.39, 0.29) is 17.0 Å². The van der Waals surface area contributed by atoms with Gasteiger partial charge in [-0.3, -0.25) is 14.9 Å². The second-order valence-corrected chi connectivity index (χ2v) is 4.04. The molecule has 74 valence electrons. The van der Waals surface area contributed by atoms with Crippen LogP contribution in [0.4, 0.5) is 5.69 Å². The van der Waals surface area contributed by atoms with E-state index in [1.54, 1.807) is 13.0 Å². The van der Waals surface area contributed by atoms with E-state index in [2.05, 4.69) is 0 Å². The van der Waals surface area contributed by atoms with Crippen LogP contribution in [0, 0.1) is 20.6 Å². The lowest BCUT2D eigenvalue weighted by atomic mass is 10.0. The van der Waals surface area contributed by atoms with Crippen LogP contribution in [0.2, 0.25) is 0 Å². The third kappa shape index (κ3) is 1.92. The Labute approximate surface area is 94.6 Å². The molecule has 1 rings (SSSR count). The van der Waals surface area contributed by atoms with E-state index in [1.165, 1.54) is 13.0 Å². The number of nitro groups is 1. The molecule has 0 radical (unpaired) electrons. The molecule has 0 fully saturated rings. The lowest BCUT2D eigenvalue weighted by Crippen LogP contribution is -2.04. The lowest BCUT2D eigenvalue weighted by molar-refractivity contribution is -0.385. The Morgan fingerprint density at radius 2 is 2.07 bits per heavy atom. The quantitative estimate of drug-likeness (QED) is 0.365. The third-order valence-electron chi connectivity index (χ3n) is 1.93. The summed E-state index contributed by atoms with van der Waals surface area (Å²) in [6.45, 7) is 3.05. The first-order valence-electron chi connectivity index (χ1n) is 3.89. The number of nitrogens with zero attached hydrogens (tertiary/aromatic N) is 1. The van der Waals surface area contributed by atoms with Gasteiger partial charge in [0.05, 0.1) is 10.5 Å². The van der Waals surface area contributed by atoms with Crippen molar-refractivity contribution in [2.45, 2.75) is 13.8 Å². The van der Waals surface area contributed by atoms with Crippen LogP contribution in [-0.4, -0.2) is 10.7 Å². The topological polar surface area (TPSA) is 60.2 Å². The first-order chi connectivity index (χ1) is 6.45. The SMILES string of the molecule is CC(=O)c1c([N+](=O)[O-])ccc(I)c1C. The molecule has 14 heavy (non-hydrogen) atoms.